The zero-order chi connectivity index (χ0) is 73.4. The van der Waals surface area contributed by atoms with Gasteiger partial charge in [0.25, 0.3) is 0 Å². The van der Waals surface area contributed by atoms with E-state index in [4.69, 9.17) is 37.0 Å². The molecule has 17 nitrogen and oxygen atoms in total. The Morgan fingerprint density at radius 3 is 0.680 bits per heavy atom. The van der Waals surface area contributed by atoms with Crippen molar-refractivity contribution in [2.45, 2.75) is 451 Å². The summed E-state index contributed by atoms with van der Waals surface area (Å²) in [6, 6.07) is 0. The van der Waals surface area contributed by atoms with Gasteiger partial charge < -0.3 is 33.8 Å². The van der Waals surface area contributed by atoms with Gasteiger partial charge in [0.1, 0.15) is 19.3 Å². The number of esters is 4. The first-order chi connectivity index (χ1) is 48.5. The van der Waals surface area contributed by atoms with Crippen LogP contribution in [0.15, 0.2) is 0 Å². The maximum atomic E-state index is 13.1. The number of ether oxygens (including phenoxy) is 4. The van der Waals surface area contributed by atoms with Gasteiger partial charge in [-0.3, -0.25) is 37.3 Å². The van der Waals surface area contributed by atoms with E-state index in [-0.39, 0.29) is 25.7 Å². The SMILES string of the molecule is CCCCCCCCCCCCCCCCCCCCCCC(=O)O[C@H](COC(=O)CCCCCCCCCCCCCCCCCCCCC)COP(=O)(O)OC[C@@H](O)COP(=O)(O)OC[C@@H](COC(=O)CCCCCCCCCCC)OC(=O)CCCCCCCCCCCC(C)C. The fourth-order valence-corrected chi connectivity index (χ4v) is 14.2. The van der Waals surface area contributed by atoms with Crippen molar-refractivity contribution >= 4 is 39.5 Å². The van der Waals surface area contributed by atoms with Gasteiger partial charge in [-0.25, -0.2) is 9.13 Å². The number of hydrogen-bond donors (Lipinski definition) is 3. The highest BCUT2D eigenvalue weighted by molar-refractivity contribution is 7.47. The average Bonchev–Trinajstić information content (AvgIpc) is 0.936. The maximum absolute atomic E-state index is 13.1. The summed E-state index contributed by atoms with van der Waals surface area (Å²) in [5, 5.41) is 10.6. The van der Waals surface area contributed by atoms with Crippen LogP contribution >= 0.6 is 15.6 Å². The third kappa shape index (κ3) is 74.3. The number of carbonyl (C=O) groups excluding carboxylic acids is 4. The zero-order valence-electron chi connectivity index (χ0n) is 65.3. The second kappa shape index (κ2) is 73.9. The predicted molar refractivity (Wildman–Crippen MR) is 409 cm³/mol. The van der Waals surface area contributed by atoms with Crippen molar-refractivity contribution in [3.63, 3.8) is 0 Å². The van der Waals surface area contributed by atoms with Gasteiger partial charge >= 0.3 is 39.5 Å². The number of carbonyl (C=O) groups is 4. The molecule has 19 heteroatoms. The fourth-order valence-electron chi connectivity index (χ4n) is 12.6. The molecule has 5 atom stereocenters. The largest absolute Gasteiger partial charge is 0.472 e. The Balaban J connectivity index is 5.20. The van der Waals surface area contributed by atoms with Gasteiger partial charge in [-0.2, -0.15) is 0 Å². The van der Waals surface area contributed by atoms with Crippen molar-refractivity contribution in [3.8, 4) is 0 Å². The lowest BCUT2D eigenvalue weighted by Crippen LogP contribution is -2.30. The summed E-state index contributed by atoms with van der Waals surface area (Å²) < 4.78 is 68.6. The van der Waals surface area contributed by atoms with Crippen LogP contribution in [0.1, 0.15) is 433 Å². The second-order valence-electron chi connectivity index (χ2n) is 29.6. The number of hydrogen-bond acceptors (Lipinski definition) is 15. The Kier molecular flexibility index (Phi) is 72.5. The highest BCUT2D eigenvalue weighted by Gasteiger charge is 2.30. The molecule has 0 heterocycles. The van der Waals surface area contributed by atoms with Gasteiger partial charge in [0, 0.05) is 25.7 Å². The molecule has 0 fully saturated rings. The molecule has 0 aromatic rings. The minimum Gasteiger partial charge on any atom is -0.462 e. The maximum Gasteiger partial charge on any atom is 0.472 e. The van der Waals surface area contributed by atoms with Crippen LogP contribution in [0.3, 0.4) is 0 Å². The molecular formula is C81H158O17P2. The van der Waals surface area contributed by atoms with E-state index in [0.717, 1.165) is 95.8 Å². The molecule has 0 aromatic carbocycles. The molecule has 0 saturated heterocycles. The van der Waals surface area contributed by atoms with Gasteiger partial charge in [0.05, 0.1) is 26.4 Å². The molecule has 594 valence electrons. The number of rotatable bonds is 81. The molecule has 0 radical (unpaired) electrons. The van der Waals surface area contributed by atoms with Gasteiger partial charge in [-0.1, -0.05) is 381 Å². The van der Waals surface area contributed by atoms with Crippen LogP contribution in [0.5, 0.6) is 0 Å². The second-order valence-corrected chi connectivity index (χ2v) is 32.5. The van der Waals surface area contributed by atoms with Crippen molar-refractivity contribution in [1.82, 2.24) is 0 Å². The lowest BCUT2D eigenvalue weighted by atomic mass is 10.0. The van der Waals surface area contributed by atoms with Crippen LogP contribution in [-0.2, 0) is 65.4 Å². The van der Waals surface area contributed by atoms with Crippen LogP contribution in [0.2, 0.25) is 0 Å². The highest BCUT2D eigenvalue weighted by atomic mass is 31.2. The van der Waals surface area contributed by atoms with Crippen LogP contribution < -0.4 is 0 Å². The topological polar surface area (TPSA) is 237 Å². The molecule has 2 unspecified atom stereocenters. The molecule has 0 rings (SSSR count). The number of phosphoric ester groups is 2. The van der Waals surface area contributed by atoms with Gasteiger partial charge in [-0.15, -0.1) is 0 Å². The minimum atomic E-state index is -4.96. The highest BCUT2D eigenvalue weighted by Crippen LogP contribution is 2.45. The van der Waals surface area contributed by atoms with E-state index in [9.17, 15) is 43.2 Å². The summed E-state index contributed by atoms with van der Waals surface area (Å²) in [4.78, 5) is 72.9. The van der Waals surface area contributed by atoms with E-state index in [1.165, 1.54) is 257 Å². The first-order valence-corrected chi connectivity index (χ1v) is 45.1. The van der Waals surface area contributed by atoms with E-state index in [2.05, 4.69) is 34.6 Å². The van der Waals surface area contributed by atoms with Crippen LogP contribution in [0, 0.1) is 5.92 Å². The summed E-state index contributed by atoms with van der Waals surface area (Å²) in [6.07, 6.45) is 65.4. The summed E-state index contributed by atoms with van der Waals surface area (Å²) >= 11 is 0. The molecule has 0 aliphatic carbocycles. The molecule has 3 N–H and O–H groups in total. The van der Waals surface area contributed by atoms with E-state index in [1.807, 2.05) is 0 Å². The third-order valence-corrected chi connectivity index (χ3v) is 20.9. The predicted octanol–water partition coefficient (Wildman–Crippen LogP) is 24.4. The third-order valence-electron chi connectivity index (χ3n) is 19.0. The van der Waals surface area contributed by atoms with E-state index in [0.29, 0.717) is 25.7 Å². The lowest BCUT2D eigenvalue weighted by Gasteiger charge is -2.21. The zero-order valence-corrected chi connectivity index (χ0v) is 67.1. The molecule has 100 heavy (non-hydrogen) atoms. The number of aliphatic hydroxyl groups is 1. The van der Waals surface area contributed by atoms with Crippen LogP contribution in [0.4, 0.5) is 0 Å². The normalized spacial score (nSPS) is 13.8. The first kappa shape index (κ1) is 98.1. The smallest absolute Gasteiger partial charge is 0.462 e. The van der Waals surface area contributed by atoms with Crippen molar-refractivity contribution in [3.05, 3.63) is 0 Å². The molecule has 0 saturated carbocycles. The van der Waals surface area contributed by atoms with Crippen LogP contribution in [0.25, 0.3) is 0 Å². The monoisotopic (exact) mass is 1470 g/mol. The minimum absolute atomic E-state index is 0.106. The molecule has 0 amide bonds. The molecule has 0 spiro atoms. The number of unbranched alkanes of at least 4 members (excludes halogenated alkanes) is 53. The quantitative estimate of drug-likeness (QED) is 0.0222. The Labute approximate surface area is 613 Å². The average molecular weight is 1470 g/mol. The molecular weight excluding hydrogens is 1310 g/mol. The van der Waals surface area contributed by atoms with Gasteiger partial charge in [0.15, 0.2) is 12.2 Å². The molecule has 0 aromatic heterocycles. The molecule has 0 aliphatic rings. The standard InChI is InChI=1S/C81H158O17P2/c1-6-9-12-15-18-21-23-25-27-29-31-33-35-37-39-41-46-51-56-61-66-80(85)97-77(71-92-79(84)65-60-55-50-45-40-38-36-34-32-30-28-26-24-22-19-16-13-10-7-2)73-96-100(89,90)94-69-75(82)68-93-99(87,88)95-72-76(70-91-78(83)64-59-54-49-43-20-17-14-11-8-3)98-81(86)67-62-57-52-47-42-44-48-53-58-63-74(4)5/h74-77,82H,6-73H2,1-5H3,(H,87,88)(H,89,90)/t75-,76+,77+/m0/s1. The Bertz CT molecular complexity index is 1910. The van der Waals surface area contributed by atoms with Gasteiger partial charge in [0.2, 0.25) is 0 Å². The number of phosphoric acid groups is 2. The Morgan fingerprint density at radius 1 is 0.270 bits per heavy atom. The first-order valence-electron chi connectivity index (χ1n) is 42.1. The fraction of sp³-hybridized carbons (Fsp3) is 0.951. The summed E-state index contributed by atoms with van der Waals surface area (Å²) in [5.74, 6) is -1.37. The summed E-state index contributed by atoms with van der Waals surface area (Å²) in [7, 11) is -9.91. The van der Waals surface area contributed by atoms with Crippen molar-refractivity contribution < 1.29 is 80.2 Å². The van der Waals surface area contributed by atoms with Gasteiger partial charge in [-0.05, 0) is 31.6 Å². The Hall–Kier alpha value is -1.94. The van der Waals surface area contributed by atoms with Crippen molar-refractivity contribution in [2.24, 2.45) is 5.92 Å². The van der Waals surface area contributed by atoms with E-state index in [1.54, 1.807) is 0 Å². The lowest BCUT2D eigenvalue weighted by molar-refractivity contribution is -0.161. The van der Waals surface area contributed by atoms with E-state index < -0.39 is 97.5 Å². The van der Waals surface area contributed by atoms with Crippen molar-refractivity contribution in [2.75, 3.05) is 39.6 Å². The summed E-state index contributed by atoms with van der Waals surface area (Å²) in [6.45, 7) is 7.28. The van der Waals surface area contributed by atoms with E-state index >= 15 is 0 Å². The molecule has 0 aliphatic heterocycles. The summed E-state index contributed by atoms with van der Waals surface area (Å²) in [5.41, 5.74) is 0. The Morgan fingerprint density at radius 2 is 0.460 bits per heavy atom. The molecule has 0 bridgehead atoms. The van der Waals surface area contributed by atoms with Crippen LogP contribution in [-0.4, -0.2) is 96.7 Å². The van der Waals surface area contributed by atoms with Crippen molar-refractivity contribution in [1.29, 1.82) is 0 Å². The number of aliphatic hydroxyl groups excluding tert-OH is 1.